The number of ether oxygens (including phenoxy) is 10. The maximum atomic E-state index is 12.9. The Kier molecular flexibility index (Phi) is 42.9. The van der Waals surface area contributed by atoms with E-state index in [9.17, 15) is 26.3 Å². The zero-order valence-electron chi connectivity index (χ0n) is 47.1. The number of rotatable bonds is 22. The van der Waals surface area contributed by atoms with E-state index in [-0.39, 0.29) is 54.1 Å². The lowest BCUT2D eigenvalue weighted by Gasteiger charge is -2.15. The molecular formula is C57H53Br11Cl4F6O10. The molecule has 0 spiro atoms. The van der Waals surface area contributed by atoms with Crippen molar-refractivity contribution >= 4 is 222 Å². The lowest BCUT2D eigenvalue weighted by atomic mass is 10.1. The zero-order chi connectivity index (χ0) is 67.1. The van der Waals surface area contributed by atoms with Crippen molar-refractivity contribution in [2.24, 2.45) is 0 Å². The zero-order valence-corrected chi connectivity index (χ0v) is 67.6. The summed E-state index contributed by atoms with van der Waals surface area (Å²) in [7, 11) is 7.31. The Morgan fingerprint density at radius 2 is 0.614 bits per heavy atom. The molecule has 5 aromatic rings. The fraction of sp³-hybridized carbons (Fsp3) is 0.298. The summed E-state index contributed by atoms with van der Waals surface area (Å²) in [6, 6.07) is 16.1. The van der Waals surface area contributed by atoms with Crippen LogP contribution >= 0.6 is 222 Å². The molecule has 0 unspecified atom stereocenters. The molecule has 0 aliphatic carbocycles. The minimum absolute atomic E-state index is 0.0193. The number of methoxy groups -OCH3 is 5. The van der Waals surface area contributed by atoms with Gasteiger partial charge in [0, 0.05) is 0 Å². The van der Waals surface area contributed by atoms with E-state index in [1.54, 1.807) is 33.5 Å². The van der Waals surface area contributed by atoms with Gasteiger partial charge in [-0.2, -0.15) is 26.3 Å². The van der Waals surface area contributed by atoms with Crippen LogP contribution in [0.1, 0.15) is 41.7 Å². The van der Waals surface area contributed by atoms with Gasteiger partial charge in [-0.25, -0.2) is 0 Å². The molecule has 0 saturated carbocycles. The van der Waals surface area contributed by atoms with Crippen molar-refractivity contribution in [3.05, 3.63) is 160 Å². The quantitative estimate of drug-likeness (QED) is 0.0624. The van der Waals surface area contributed by atoms with Gasteiger partial charge in [0.1, 0.15) is 111 Å². The highest BCUT2D eigenvalue weighted by molar-refractivity contribution is 9.29. The topological polar surface area (TPSA) is 92.3 Å². The maximum absolute atomic E-state index is 12.9. The number of hydrogen-bond donors (Lipinski definition) is 0. The van der Waals surface area contributed by atoms with Crippen LogP contribution < -0.4 is 47.4 Å². The summed E-state index contributed by atoms with van der Waals surface area (Å²) in [5.41, 5.74) is 1.42. The molecule has 0 amide bonds. The average molecular weight is 2030 g/mol. The van der Waals surface area contributed by atoms with Crippen LogP contribution in [0.4, 0.5) is 26.3 Å². The Balaban J connectivity index is 0.000000551. The van der Waals surface area contributed by atoms with Gasteiger partial charge in [0.2, 0.25) is 0 Å². The molecule has 0 heterocycles. The van der Waals surface area contributed by atoms with E-state index < -0.39 is 23.5 Å². The largest absolute Gasteiger partial charge is 0.495 e. The van der Waals surface area contributed by atoms with Crippen molar-refractivity contribution in [1.82, 2.24) is 0 Å². The monoisotopic (exact) mass is 2020 g/mol. The fourth-order valence-corrected chi connectivity index (χ4v) is 10.8. The Bertz CT molecular complexity index is 2980. The second-order valence-electron chi connectivity index (χ2n) is 16.1. The molecule has 488 valence electrons. The van der Waals surface area contributed by atoms with Crippen LogP contribution in [0.25, 0.3) is 0 Å². The first-order valence-corrected chi connectivity index (χ1v) is 34.6. The molecule has 10 nitrogen and oxygen atoms in total. The maximum Gasteiger partial charge on any atom is 0.420 e. The van der Waals surface area contributed by atoms with Gasteiger partial charge in [0.15, 0.2) is 0 Å². The molecule has 0 N–H and O–H groups in total. The molecule has 0 aromatic heterocycles. The van der Waals surface area contributed by atoms with Crippen LogP contribution in [0.15, 0.2) is 133 Å². The van der Waals surface area contributed by atoms with E-state index in [1.807, 2.05) is 55.5 Å². The Labute approximate surface area is 620 Å². The molecule has 5 rings (SSSR count). The van der Waals surface area contributed by atoms with Crippen LogP contribution in [0.3, 0.4) is 0 Å². The third kappa shape index (κ3) is 32.8. The highest BCUT2D eigenvalue weighted by Crippen LogP contribution is 2.45. The predicted molar refractivity (Wildman–Crippen MR) is 382 cm³/mol. The summed E-state index contributed by atoms with van der Waals surface area (Å²) in [5.74, 6) is 4.48. The van der Waals surface area contributed by atoms with Gasteiger partial charge in [-0.05, 0) is 303 Å². The van der Waals surface area contributed by atoms with Crippen molar-refractivity contribution in [1.29, 1.82) is 0 Å². The number of hydrogen-bond acceptors (Lipinski definition) is 10. The fourth-order valence-electron chi connectivity index (χ4n) is 6.58. The molecule has 0 fully saturated rings. The van der Waals surface area contributed by atoms with Crippen LogP contribution in [0, 0.1) is 6.92 Å². The average Bonchev–Trinajstić information content (AvgIpc) is 2.95. The van der Waals surface area contributed by atoms with Gasteiger partial charge in [-0.3, -0.25) is 0 Å². The number of alkyl halides is 6. The van der Waals surface area contributed by atoms with E-state index in [2.05, 4.69) is 189 Å². The summed E-state index contributed by atoms with van der Waals surface area (Å²) in [4.78, 5) is 0. The van der Waals surface area contributed by atoms with Gasteiger partial charge in [-0.1, -0.05) is 60.3 Å². The third-order valence-electron chi connectivity index (χ3n) is 10.3. The van der Waals surface area contributed by atoms with Crippen molar-refractivity contribution in [3.8, 4) is 57.5 Å². The van der Waals surface area contributed by atoms with E-state index in [0.29, 0.717) is 23.2 Å². The van der Waals surface area contributed by atoms with Gasteiger partial charge >= 0.3 is 12.4 Å². The van der Waals surface area contributed by atoms with Gasteiger partial charge in [0.05, 0.1) is 68.1 Å². The number of aryl methyl sites for hydroxylation is 3. The molecule has 0 aliphatic rings. The second-order valence-corrected chi connectivity index (χ2v) is 30.8. The first kappa shape index (κ1) is 84.8. The molecule has 0 aliphatic heterocycles. The number of benzene rings is 5. The molecule has 0 atom stereocenters. The first-order chi connectivity index (χ1) is 41.2. The van der Waals surface area contributed by atoms with Crippen molar-refractivity contribution in [2.45, 2.75) is 46.0 Å². The molecular weight excluding hydrogens is 1980 g/mol. The molecule has 0 saturated heterocycles. The lowest BCUT2D eigenvalue weighted by Crippen LogP contribution is -2.08. The minimum Gasteiger partial charge on any atom is -0.495 e. The summed E-state index contributed by atoms with van der Waals surface area (Å²) in [6.07, 6.45) is 0.998. The van der Waals surface area contributed by atoms with E-state index in [4.69, 9.17) is 93.8 Å². The Morgan fingerprint density at radius 1 is 0.375 bits per heavy atom. The molecule has 88 heavy (non-hydrogen) atoms. The van der Waals surface area contributed by atoms with E-state index >= 15 is 0 Å². The molecule has 5 aromatic carbocycles. The summed E-state index contributed by atoms with van der Waals surface area (Å²) < 4.78 is 135. The third-order valence-corrected chi connectivity index (χ3v) is 15.8. The highest BCUT2D eigenvalue weighted by Gasteiger charge is 2.37. The minimum atomic E-state index is -4.55. The van der Waals surface area contributed by atoms with Crippen LogP contribution in [0.5, 0.6) is 57.5 Å². The number of halogens is 21. The standard InChI is InChI=1S/C12H13Br3O2.C12H13BrCl2O2.C11H8Br3F3O2.C11H11Br3O2.C11H8BrCl2F3O2/c2*1-3-8-6-9(17-5-4-11(14)15)7-10(13)12(8)16-2;1-18-10-7(11(15,16)17)4-6(5-8(10)12)19-3-2-9(13)14;1-7-5-8(16-4-3-10(13)14)6-9(12)11(7)15-2;1-18-10-7(11(15,16)17)4-6(5-8(10)12)19-3-2-9(13)14/h2*4,6-7H,3,5H2,1-2H3;2,4-5H,3H2,1H3;3,5-6H,4H2,1-2H3;2,4-5H,3H2,1H3. The van der Waals surface area contributed by atoms with Crippen molar-refractivity contribution in [3.63, 3.8) is 0 Å². The molecule has 31 heteroatoms. The van der Waals surface area contributed by atoms with Gasteiger partial charge in [-0.15, -0.1) is 0 Å². The first-order valence-electron chi connectivity index (χ1n) is 24.4. The van der Waals surface area contributed by atoms with Crippen molar-refractivity contribution < 1.29 is 73.7 Å². The summed E-state index contributed by atoms with van der Waals surface area (Å²) in [5, 5.41) is 0. The van der Waals surface area contributed by atoms with E-state index in [0.717, 1.165) is 103 Å². The normalized spacial score (nSPS) is 10.4. The van der Waals surface area contributed by atoms with Crippen LogP contribution in [-0.2, 0) is 25.2 Å². The van der Waals surface area contributed by atoms with Crippen molar-refractivity contribution in [2.75, 3.05) is 68.6 Å². The Hall–Kier alpha value is -1.18. The SMILES string of the molecule is CCc1cc(OCC=C(Br)Br)cc(Br)c1OC.CCc1cc(OCC=C(Cl)Cl)cc(Br)c1OC.COc1c(Br)cc(OCC=C(Br)Br)cc1C(F)(F)F.COc1c(Br)cc(OCC=C(Cl)Cl)cc1C(F)(F)F.COc1c(C)cc(OCC=C(Br)Br)cc1Br. The smallest absolute Gasteiger partial charge is 0.420 e. The summed E-state index contributed by atoms with van der Waals surface area (Å²) >= 11 is 57.5. The molecule has 0 radical (unpaired) electrons. The Morgan fingerprint density at radius 3 is 0.841 bits per heavy atom. The van der Waals surface area contributed by atoms with Gasteiger partial charge in [0.25, 0.3) is 0 Å². The van der Waals surface area contributed by atoms with E-state index in [1.165, 1.54) is 25.3 Å². The second kappa shape index (κ2) is 44.5. The highest BCUT2D eigenvalue weighted by atomic mass is 79.9. The lowest BCUT2D eigenvalue weighted by molar-refractivity contribution is -0.139. The predicted octanol–water partition coefficient (Wildman–Crippen LogP) is 25.2. The summed E-state index contributed by atoms with van der Waals surface area (Å²) in [6.45, 7) is 7.56. The van der Waals surface area contributed by atoms with Gasteiger partial charge < -0.3 is 47.4 Å². The van der Waals surface area contributed by atoms with Crippen LogP contribution in [0.2, 0.25) is 0 Å². The molecule has 0 bridgehead atoms. The van der Waals surface area contributed by atoms with Crippen LogP contribution in [-0.4, -0.2) is 68.6 Å².